The normalized spacial score (nSPS) is 4.36. The zero-order valence-electron chi connectivity index (χ0n) is 7.79. The monoisotopic (exact) mass is 220 g/mol. The van der Waals surface area contributed by atoms with Gasteiger partial charge in [-0.25, -0.2) is 0 Å². The largest absolute Gasteiger partial charge is 0.269 e. The Balaban J connectivity index is -0.0000000186. The quantitative estimate of drug-likeness (QED) is 0.462. The first kappa shape index (κ1) is 38.9. The lowest BCUT2D eigenvalue weighted by molar-refractivity contribution is 1.11. The second-order valence-electron chi connectivity index (χ2n) is 1.56. The Kier molecular flexibility index (Phi) is 115. The van der Waals surface area contributed by atoms with Gasteiger partial charge in [0, 0.05) is 0 Å². The Morgan fingerprint density at radius 2 is 0.714 bits per heavy atom. The van der Waals surface area contributed by atoms with E-state index in [1.165, 1.54) is 0 Å². The molecule has 0 spiro atoms. The fourth-order valence-corrected chi connectivity index (χ4v) is 0.385. The summed E-state index contributed by atoms with van der Waals surface area (Å²) in [6.07, 6.45) is 1.75. The van der Waals surface area contributed by atoms with Crippen molar-refractivity contribution in [3.8, 4) is 0 Å². The van der Waals surface area contributed by atoms with Gasteiger partial charge in [-0.05, 0) is 6.92 Å². The van der Waals surface area contributed by atoms with E-state index in [4.69, 9.17) is 0 Å². The Morgan fingerprint density at radius 1 is 0.643 bits per heavy atom. The molecule has 0 unspecified atom stereocenters. The lowest BCUT2D eigenvalue weighted by Gasteiger charge is -1.69. The van der Waals surface area contributed by atoms with E-state index in [1.807, 2.05) is 43.3 Å². The molecule has 0 N–H and O–H groups in total. The van der Waals surface area contributed by atoms with Crippen LogP contribution in [0.5, 0.6) is 0 Å². The van der Waals surface area contributed by atoms with E-state index in [-0.39, 0.29) is 23.5 Å². The van der Waals surface area contributed by atoms with Crippen molar-refractivity contribution in [1.29, 1.82) is 0 Å². The Hall–Kier alpha value is -1.39. The Labute approximate surface area is 80.5 Å². The number of hydrogen-bond donors (Lipinski definition) is 0. The van der Waals surface area contributed by atoms with Crippen molar-refractivity contribution in [3.05, 3.63) is 49.1 Å². The molecule has 0 atom stereocenters. The molecule has 1 aromatic rings. The topological polar surface area (TPSA) is 0 Å². The van der Waals surface area contributed by atoms with Crippen molar-refractivity contribution in [2.45, 2.75) is 6.92 Å². The number of halogens is 5. The summed E-state index contributed by atoms with van der Waals surface area (Å²) in [5, 5.41) is 0. The van der Waals surface area contributed by atoms with Crippen LogP contribution in [0, 0.1) is 0 Å². The second kappa shape index (κ2) is 41.5. The van der Waals surface area contributed by atoms with Gasteiger partial charge in [0.25, 0.3) is 0 Å². The molecule has 0 aliphatic rings. The molecule has 0 amide bonds. The van der Waals surface area contributed by atoms with Gasteiger partial charge < -0.3 is 0 Å². The highest BCUT2D eigenvalue weighted by Crippen LogP contribution is 1.79. The molecule has 0 aromatic heterocycles. The number of hydrogen-bond acceptors (Lipinski definition) is 0. The molecule has 14 heavy (non-hydrogen) atoms. The van der Waals surface area contributed by atoms with Crippen molar-refractivity contribution < 1.29 is 23.5 Å². The molecule has 0 aliphatic carbocycles. The first-order valence-corrected chi connectivity index (χ1v) is 2.99. The number of allylic oxidation sites excluding steroid dienone is 1. The summed E-state index contributed by atoms with van der Waals surface area (Å²) in [6, 6.07) is 12.0. The zero-order valence-corrected chi connectivity index (χ0v) is 7.79. The van der Waals surface area contributed by atoms with Crippen LogP contribution in [0.2, 0.25) is 0 Å². The molecular formula is C9H17F5. The van der Waals surface area contributed by atoms with E-state index in [0.717, 1.165) is 0 Å². The molecule has 0 saturated heterocycles. The average Bonchev–Trinajstić information content (AvgIpc) is 1.93. The molecule has 0 nitrogen and oxygen atoms in total. The van der Waals surface area contributed by atoms with Crippen LogP contribution in [-0.4, -0.2) is 0 Å². The third-order valence-electron chi connectivity index (χ3n) is 0.667. The van der Waals surface area contributed by atoms with Crippen LogP contribution in [0.15, 0.2) is 49.1 Å². The van der Waals surface area contributed by atoms with Crippen LogP contribution in [0.3, 0.4) is 0 Å². The SMILES string of the molecule is C=CC.F.F.F.F.F.c1ccccc1. The van der Waals surface area contributed by atoms with Gasteiger partial charge >= 0.3 is 0 Å². The van der Waals surface area contributed by atoms with Crippen molar-refractivity contribution in [3.63, 3.8) is 0 Å². The summed E-state index contributed by atoms with van der Waals surface area (Å²) in [6.45, 7) is 5.25. The highest BCUT2D eigenvalue weighted by Gasteiger charge is 1.57. The minimum absolute atomic E-state index is 0. The van der Waals surface area contributed by atoms with Crippen molar-refractivity contribution in [1.82, 2.24) is 0 Å². The summed E-state index contributed by atoms with van der Waals surface area (Å²) in [7, 11) is 0. The second-order valence-corrected chi connectivity index (χ2v) is 1.56. The third-order valence-corrected chi connectivity index (χ3v) is 0.667. The summed E-state index contributed by atoms with van der Waals surface area (Å²) >= 11 is 0. The van der Waals surface area contributed by atoms with Crippen molar-refractivity contribution in [2.75, 3.05) is 0 Å². The minimum atomic E-state index is 0. The molecule has 0 heterocycles. The summed E-state index contributed by atoms with van der Waals surface area (Å²) < 4.78 is 0. The first-order valence-electron chi connectivity index (χ1n) is 2.99. The molecular weight excluding hydrogens is 203 g/mol. The van der Waals surface area contributed by atoms with Crippen molar-refractivity contribution in [2.24, 2.45) is 0 Å². The fourth-order valence-electron chi connectivity index (χ4n) is 0.385. The van der Waals surface area contributed by atoms with Gasteiger partial charge in [-0.2, -0.15) is 0 Å². The van der Waals surface area contributed by atoms with Crippen LogP contribution in [0.1, 0.15) is 6.92 Å². The summed E-state index contributed by atoms with van der Waals surface area (Å²) in [4.78, 5) is 0. The maximum absolute atomic E-state index is 3.36. The van der Waals surface area contributed by atoms with E-state index >= 15 is 0 Å². The first-order chi connectivity index (χ1) is 4.41. The predicted molar refractivity (Wildman–Crippen MR) is 54.8 cm³/mol. The van der Waals surface area contributed by atoms with Crippen LogP contribution >= 0.6 is 0 Å². The van der Waals surface area contributed by atoms with Gasteiger partial charge in [0.1, 0.15) is 0 Å². The maximum atomic E-state index is 3.36. The molecule has 0 bridgehead atoms. The van der Waals surface area contributed by atoms with Crippen LogP contribution in [0.25, 0.3) is 0 Å². The number of rotatable bonds is 0. The molecule has 1 rings (SSSR count). The van der Waals surface area contributed by atoms with Gasteiger partial charge in [-0.1, -0.05) is 42.5 Å². The van der Waals surface area contributed by atoms with E-state index in [0.29, 0.717) is 0 Å². The van der Waals surface area contributed by atoms with E-state index < -0.39 is 0 Å². The highest BCUT2D eigenvalue weighted by molar-refractivity contribution is 4.99. The van der Waals surface area contributed by atoms with Crippen LogP contribution < -0.4 is 0 Å². The fraction of sp³-hybridized carbons (Fsp3) is 0.111. The van der Waals surface area contributed by atoms with E-state index in [9.17, 15) is 0 Å². The summed E-state index contributed by atoms with van der Waals surface area (Å²) in [5.41, 5.74) is 0. The highest BCUT2D eigenvalue weighted by atomic mass is 19.0. The Morgan fingerprint density at radius 3 is 0.786 bits per heavy atom. The third kappa shape index (κ3) is 46.1. The molecule has 5 heteroatoms. The van der Waals surface area contributed by atoms with E-state index in [1.54, 1.807) is 6.08 Å². The lowest BCUT2D eigenvalue weighted by atomic mass is 10.4. The van der Waals surface area contributed by atoms with Crippen molar-refractivity contribution >= 4 is 0 Å². The zero-order chi connectivity index (χ0) is 6.95. The van der Waals surface area contributed by atoms with Gasteiger partial charge in [0.15, 0.2) is 0 Å². The average molecular weight is 220 g/mol. The smallest absolute Gasteiger partial charge is 0.0473 e. The van der Waals surface area contributed by atoms with Gasteiger partial charge in [0.2, 0.25) is 0 Å². The minimum Gasteiger partial charge on any atom is -0.269 e. The maximum Gasteiger partial charge on any atom is -0.0473 e. The molecule has 0 fully saturated rings. The molecule has 88 valence electrons. The number of benzene rings is 1. The Bertz CT molecular complexity index is 116. The van der Waals surface area contributed by atoms with E-state index in [2.05, 4.69) is 6.58 Å². The molecule has 1 aromatic carbocycles. The molecule has 0 radical (unpaired) electrons. The lowest BCUT2D eigenvalue weighted by Crippen LogP contribution is -1.47. The van der Waals surface area contributed by atoms with Gasteiger partial charge in [0.05, 0.1) is 0 Å². The predicted octanol–water partition coefficient (Wildman–Crippen LogP) is 3.64. The van der Waals surface area contributed by atoms with Crippen LogP contribution in [-0.2, 0) is 0 Å². The van der Waals surface area contributed by atoms with Crippen LogP contribution in [0.4, 0.5) is 23.5 Å². The molecule has 0 aliphatic heterocycles. The van der Waals surface area contributed by atoms with Gasteiger partial charge in [-0.15, -0.1) is 6.58 Å². The van der Waals surface area contributed by atoms with Gasteiger partial charge in [-0.3, -0.25) is 23.5 Å². The summed E-state index contributed by atoms with van der Waals surface area (Å²) in [5.74, 6) is 0. The standard InChI is InChI=1S/C6H6.C3H6.5FH/c1-2-4-6-5-3-1;1-3-2;;;;;/h1-6H;3H,1H2,2H3;5*1H. The molecule has 0 saturated carbocycles.